The van der Waals surface area contributed by atoms with Crippen molar-refractivity contribution < 1.29 is 0 Å². The normalized spacial score (nSPS) is 23.3. The Morgan fingerprint density at radius 1 is 0.472 bits per heavy atom. The van der Waals surface area contributed by atoms with E-state index in [1.54, 1.807) is 11.1 Å². The molecular formula is C70H61NS. The molecule has 0 radical (unpaired) electrons. The standard InChI is InChI=1S/C70H61NS/c1-67(2,3)45-36-44(37-46(38-45)68(4,5)6)49-24-15-18-43-19-16-25-55(65(43)49)52-21-8-12-29-60(52)71(61-30-13-9-22-53(61)56-26-17-27-57-54-23-10-14-31-62(54)72-66(56)57)48-32-33-51-50-20-7-11-28-58(50)70(59(51)40-48)63-35-42-34-47-39-64(70)69(47,63)41-42/h7-33,36-38,40,42,47,63-64H,34-35,39,41H2,1-6H3. The molecule has 6 unspecified atom stereocenters. The van der Waals surface area contributed by atoms with Crippen LogP contribution in [0.25, 0.3) is 75.5 Å². The highest BCUT2D eigenvalue weighted by Crippen LogP contribution is 2.89. The van der Waals surface area contributed by atoms with E-state index in [1.807, 2.05) is 11.3 Å². The van der Waals surface area contributed by atoms with Crippen LogP contribution in [-0.4, -0.2) is 0 Å². The average Bonchev–Trinajstić information content (AvgIpc) is 4.19. The molecule has 10 aromatic rings. The van der Waals surface area contributed by atoms with E-state index >= 15 is 0 Å². The zero-order valence-corrected chi connectivity index (χ0v) is 43.2. The lowest BCUT2D eigenvalue weighted by Crippen LogP contribution is -2.73. The van der Waals surface area contributed by atoms with E-state index < -0.39 is 0 Å². The number of hydrogen-bond acceptors (Lipinski definition) is 2. The van der Waals surface area contributed by atoms with Gasteiger partial charge in [0.2, 0.25) is 0 Å². The molecule has 9 aromatic carbocycles. The minimum Gasteiger partial charge on any atom is -0.309 e. The van der Waals surface area contributed by atoms with Crippen LogP contribution in [0.3, 0.4) is 0 Å². The number of hydrogen-bond donors (Lipinski definition) is 0. The molecule has 4 fully saturated rings. The van der Waals surface area contributed by atoms with E-state index in [2.05, 4.69) is 234 Å². The second kappa shape index (κ2) is 14.9. The molecule has 5 aliphatic rings. The van der Waals surface area contributed by atoms with Gasteiger partial charge in [0, 0.05) is 48.0 Å². The second-order valence-electron chi connectivity index (χ2n) is 24.5. The molecule has 2 spiro atoms. The lowest BCUT2D eigenvalue weighted by Gasteiger charge is -2.76. The summed E-state index contributed by atoms with van der Waals surface area (Å²) in [6.07, 6.45) is 5.71. The van der Waals surface area contributed by atoms with Crippen molar-refractivity contribution in [1.82, 2.24) is 0 Å². The summed E-state index contributed by atoms with van der Waals surface area (Å²) in [5, 5.41) is 5.20. The fourth-order valence-electron chi connectivity index (χ4n) is 16.1. The summed E-state index contributed by atoms with van der Waals surface area (Å²) in [7, 11) is 0. The van der Waals surface area contributed by atoms with E-state index in [1.165, 1.54) is 129 Å². The predicted octanol–water partition coefficient (Wildman–Crippen LogP) is 19.6. The van der Waals surface area contributed by atoms with E-state index in [0.29, 0.717) is 5.41 Å². The van der Waals surface area contributed by atoms with Gasteiger partial charge in [0.25, 0.3) is 0 Å². The summed E-state index contributed by atoms with van der Waals surface area (Å²) < 4.78 is 2.67. The summed E-state index contributed by atoms with van der Waals surface area (Å²) in [4.78, 5) is 2.66. The maximum absolute atomic E-state index is 2.69. The minimum absolute atomic E-state index is 0.00233. The van der Waals surface area contributed by atoms with Crippen LogP contribution in [0.15, 0.2) is 188 Å². The highest BCUT2D eigenvalue weighted by Gasteiger charge is 2.84. The van der Waals surface area contributed by atoms with Crippen LogP contribution in [0.2, 0.25) is 0 Å². The third kappa shape index (κ3) is 5.71. The smallest absolute Gasteiger partial charge is 0.0540 e. The maximum atomic E-state index is 2.69. The Labute approximate surface area is 429 Å². The summed E-state index contributed by atoms with van der Waals surface area (Å²) in [5.41, 5.74) is 20.7. The van der Waals surface area contributed by atoms with Gasteiger partial charge < -0.3 is 4.90 Å². The van der Waals surface area contributed by atoms with Gasteiger partial charge in [0.1, 0.15) is 0 Å². The molecule has 1 nitrogen and oxygen atoms in total. The van der Waals surface area contributed by atoms with Gasteiger partial charge in [0.15, 0.2) is 0 Å². The van der Waals surface area contributed by atoms with Crippen molar-refractivity contribution in [2.45, 2.75) is 83.5 Å². The monoisotopic (exact) mass is 947 g/mol. The van der Waals surface area contributed by atoms with Crippen LogP contribution in [0.5, 0.6) is 0 Å². The SMILES string of the molecule is CC(C)(C)c1cc(-c2cccc3cccc(-c4ccccc4N(c4ccc5c(c4)C4(c6ccccc6-5)C5CC6CC7CC4C75C6)c4ccccc4-c4cccc5c4sc4ccccc45)c23)cc(C(C)(C)C)c1. The van der Waals surface area contributed by atoms with Gasteiger partial charge in [-0.2, -0.15) is 0 Å². The first kappa shape index (κ1) is 42.9. The zero-order chi connectivity index (χ0) is 48.5. The van der Waals surface area contributed by atoms with Crippen molar-refractivity contribution in [3.05, 3.63) is 210 Å². The highest BCUT2D eigenvalue weighted by molar-refractivity contribution is 7.26. The Kier molecular flexibility index (Phi) is 8.89. The summed E-state index contributed by atoms with van der Waals surface area (Å²) >= 11 is 1.92. The zero-order valence-electron chi connectivity index (χ0n) is 42.4. The van der Waals surface area contributed by atoms with Crippen molar-refractivity contribution in [2.75, 3.05) is 4.90 Å². The summed E-state index contributed by atoms with van der Waals surface area (Å²) in [5.74, 6) is 3.30. The van der Waals surface area contributed by atoms with Gasteiger partial charge in [-0.25, -0.2) is 0 Å². The number of para-hydroxylation sites is 2. The van der Waals surface area contributed by atoms with E-state index in [-0.39, 0.29) is 16.2 Å². The second-order valence-corrected chi connectivity index (χ2v) is 25.5. The largest absolute Gasteiger partial charge is 0.309 e. The molecule has 2 heteroatoms. The predicted molar refractivity (Wildman–Crippen MR) is 306 cm³/mol. The van der Waals surface area contributed by atoms with Gasteiger partial charge in [-0.05, 0) is 157 Å². The molecule has 4 saturated carbocycles. The Bertz CT molecular complexity index is 3870. The van der Waals surface area contributed by atoms with Gasteiger partial charge in [-0.3, -0.25) is 0 Å². The fraction of sp³-hybridized carbons (Fsp3) is 0.257. The highest BCUT2D eigenvalue weighted by atomic mass is 32.1. The fourth-order valence-corrected chi connectivity index (χ4v) is 17.3. The summed E-state index contributed by atoms with van der Waals surface area (Å²) in [6, 6.07) is 73.0. The first-order valence-electron chi connectivity index (χ1n) is 26.7. The molecule has 0 amide bonds. The molecule has 15 rings (SSSR count). The molecule has 0 N–H and O–H groups in total. The third-order valence-electron chi connectivity index (χ3n) is 19.0. The van der Waals surface area contributed by atoms with Crippen molar-refractivity contribution >= 4 is 59.3 Å². The van der Waals surface area contributed by atoms with Crippen LogP contribution >= 0.6 is 11.3 Å². The van der Waals surface area contributed by atoms with Crippen LogP contribution in [-0.2, 0) is 16.2 Å². The third-order valence-corrected chi connectivity index (χ3v) is 20.3. The van der Waals surface area contributed by atoms with Crippen molar-refractivity contribution in [3.8, 4) is 44.5 Å². The quantitative estimate of drug-likeness (QED) is 0.161. The molecule has 1 heterocycles. The number of benzene rings is 9. The number of rotatable bonds is 6. The van der Waals surface area contributed by atoms with Crippen molar-refractivity contribution in [3.63, 3.8) is 0 Å². The van der Waals surface area contributed by atoms with E-state index in [9.17, 15) is 0 Å². The molecule has 1 aromatic heterocycles. The Morgan fingerprint density at radius 2 is 1.06 bits per heavy atom. The van der Waals surface area contributed by atoms with Gasteiger partial charge in [-0.1, -0.05) is 199 Å². The van der Waals surface area contributed by atoms with E-state index in [4.69, 9.17) is 0 Å². The number of nitrogens with zero attached hydrogens (tertiary/aromatic N) is 1. The minimum atomic E-state index is -0.00233. The number of fused-ring (bicyclic) bond motifs is 12. The van der Waals surface area contributed by atoms with Crippen LogP contribution in [0, 0.1) is 29.1 Å². The van der Waals surface area contributed by atoms with Gasteiger partial charge in [0.05, 0.1) is 11.4 Å². The molecule has 0 aliphatic heterocycles. The Hall–Kier alpha value is -6.74. The number of thiophene rings is 1. The maximum Gasteiger partial charge on any atom is 0.0540 e. The lowest BCUT2D eigenvalue weighted by atomic mass is 9.27. The molecule has 0 saturated heterocycles. The van der Waals surface area contributed by atoms with Crippen molar-refractivity contribution in [2.24, 2.45) is 29.1 Å². The van der Waals surface area contributed by atoms with Crippen molar-refractivity contribution in [1.29, 1.82) is 0 Å². The summed E-state index contributed by atoms with van der Waals surface area (Å²) in [6.45, 7) is 14.1. The Morgan fingerprint density at radius 3 is 1.79 bits per heavy atom. The topological polar surface area (TPSA) is 3.24 Å². The first-order valence-corrected chi connectivity index (χ1v) is 27.6. The lowest BCUT2D eigenvalue weighted by molar-refractivity contribution is -0.231. The Balaban J connectivity index is 0.988. The molecular weight excluding hydrogens is 887 g/mol. The average molecular weight is 948 g/mol. The van der Waals surface area contributed by atoms with Gasteiger partial charge >= 0.3 is 0 Å². The first-order chi connectivity index (χ1) is 34.9. The molecule has 72 heavy (non-hydrogen) atoms. The molecule has 5 aliphatic carbocycles. The molecule has 2 bridgehead atoms. The molecule has 6 atom stereocenters. The van der Waals surface area contributed by atoms with Crippen LogP contribution in [0.4, 0.5) is 17.1 Å². The van der Waals surface area contributed by atoms with Crippen LogP contribution < -0.4 is 4.90 Å². The molecule has 352 valence electrons. The van der Waals surface area contributed by atoms with Gasteiger partial charge in [-0.15, -0.1) is 11.3 Å². The van der Waals surface area contributed by atoms with E-state index in [0.717, 1.165) is 23.7 Å². The van der Waals surface area contributed by atoms with Crippen LogP contribution in [0.1, 0.15) is 89.5 Å². The number of anilines is 3.